The molecule has 1 aromatic heterocycles. The standard InChI is InChI=1S/C20H35N3O2/c1-6-7-19-21-22-20(25-19)12-16-11-18(14(2)3)17(10-15(16)4)13-23(5)8-9-24/h10,14,16-18,24H,6-9,11-13H2,1-5H3/t16-,17+,18+/m1/s1. The zero-order valence-corrected chi connectivity index (χ0v) is 16.5. The van der Waals surface area contributed by atoms with E-state index >= 15 is 0 Å². The summed E-state index contributed by atoms with van der Waals surface area (Å²) in [6.07, 6.45) is 6.36. The highest BCUT2D eigenvalue weighted by molar-refractivity contribution is 5.14. The zero-order chi connectivity index (χ0) is 18.4. The van der Waals surface area contributed by atoms with Crippen LogP contribution in [0, 0.1) is 23.7 Å². The third-order valence-electron chi connectivity index (χ3n) is 5.48. The van der Waals surface area contributed by atoms with Gasteiger partial charge in [0.15, 0.2) is 0 Å². The molecule has 1 aliphatic rings. The highest BCUT2D eigenvalue weighted by atomic mass is 16.4. The maximum atomic E-state index is 9.16. The summed E-state index contributed by atoms with van der Waals surface area (Å²) in [7, 11) is 2.09. The summed E-state index contributed by atoms with van der Waals surface area (Å²) in [5.74, 6) is 3.86. The van der Waals surface area contributed by atoms with Crippen LogP contribution in [0.2, 0.25) is 0 Å². The van der Waals surface area contributed by atoms with E-state index < -0.39 is 0 Å². The van der Waals surface area contributed by atoms with Crippen molar-refractivity contribution in [1.82, 2.24) is 15.1 Å². The molecule has 25 heavy (non-hydrogen) atoms. The third-order valence-corrected chi connectivity index (χ3v) is 5.48. The minimum absolute atomic E-state index is 0.220. The summed E-state index contributed by atoms with van der Waals surface area (Å²) >= 11 is 0. The molecule has 5 nitrogen and oxygen atoms in total. The van der Waals surface area contributed by atoms with E-state index in [0.29, 0.717) is 23.7 Å². The van der Waals surface area contributed by atoms with Gasteiger partial charge in [0.1, 0.15) is 0 Å². The van der Waals surface area contributed by atoms with Gasteiger partial charge in [0.05, 0.1) is 6.61 Å². The lowest BCUT2D eigenvalue weighted by Gasteiger charge is -2.38. The molecule has 2 rings (SSSR count). The molecule has 0 aromatic carbocycles. The summed E-state index contributed by atoms with van der Waals surface area (Å²) in [5.41, 5.74) is 1.44. The Bertz CT molecular complexity index is 553. The number of aromatic nitrogens is 2. The number of rotatable bonds is 9. The van der Waals surface area contributed by atoms with Crippen LogP contribution in [-0.2, 0) is 12.8 Å². The molecule has 3 atom stereocenters. The van der Waals surface area contributed by atoms with E-state index in [9.17, 15) is 0 Å². The van der Waals surface area contributed by atoms with Gasteiger partial charge < -0.3 is 14.4 Å². The molecule has 0 bridgehead atoms. The topological polar surface area (TPSA) is 62.4 Å². The second-order valence-corrected chi connectivity index (χ2v) is 7.94. The zero-order valence-electron chi connectivity index (χ0n) is 16.5. The van der Waals surface area contributed by atoms with E-state index in [2.05, 4.69) is 55.9 Å². The molecule has 0 aliphatic heterocycles. The Kier molecular flexibility index (Phi) is 7.63. The lowest BCUT2D eigenvalue weighted by molar-refractivity contribution is 0.156. The first-order chi connectivity index (χ1) is 11.9. The second kappa shape index (κ2) is 9.48. The lowest BCUT2D eigenvalue weighted by atomic mass is 9.69. The molecule has 1 aromatic rings. The highest BCUT2D eigenvalue weighted by Gasteiger charge is 2.32. The van der Waals surface area contributed by atoms with Crippen molar-refractivity contribution in [2.45, 2.75) is 53.4 Å². The monoisotopic (exact) mass is 349 g/mol. The molecule has 0 fully saturated rings. The SMILES string of the molecule is CCCc1nnc(C[C@H]2C[C@@H](C(C)C)[C@H](CN(C)CCO)C=C2C)o1. The van der Waals surface area contributed by atoms with Crippen molar-refractivity contribution in [3.05, 3.63) is 23.4 Å². The Balaban J connectivity index is 2.07. The Morgan fingerprint density at radius 2 is 2.04 bits per heavy atom. The summed E-state index contributed by atoms with van der Waals surface area (Å²) in [5, 5.41) is 17.6. The molecule has 1 heterocycles. The van der Waals surface area contributed by atoms with Crippen LogP contribution < -0.4 is 0 Å². The van der Waals surface area contributed by atoms with Gasteiger partial charge in [-0.1, -0.05) is 32.4 Å². The average molecular weight is 350 g/mol. The highest BCUT2D eigenvalue weighted by Crippen LogP contribution is 2.39. The molecule has 0 saturated heterocycles. The Morgan fingerprint density at radius 1 is 1.32 bits per heavy atom. The van der Waals surface area contributed by atoms with Gasteiger partial charge >= 0.3 is 0 Å². The van der Waals surface area contributed by atoms with E-state index in [-0.39, 0.29) is 6.61 Å². The fraction of sp³-hybridized carbons (Fsp3) is 0.800. The first-order valence-electron chi connectivity index (χ1n) is 9.73. The van der Waals surface area contributed by atoms with Crippen molar-refractivity contribution in [3.8, 4) is 0 Å². The van der Waals surface area contributed by atoms with Crippen LogP contribution in [0.15, 0.2) is 16.1 Å². The molecule has 0 saturated carbocycles. The van der Waals surface area contributed by atoms with Gasteiger partial charge in [0, 0.05) is 25.9 Å². The van der Waals surface area contributed by atoms with Crippen molar-refractivity contribution >= 4 is 0 Å². The number of aryl methyl sites for hydroxylation is 1. The largest absolute Gasteiger partial charge is 0.425 e. The minimum atomic E-state index is 0.220. The van der Waals surface area contributed by atoms with Gasteiger partial charge in [0.2, 0.25) is 11.8 Å². The molecule has 1 N–H and O–H groups in total. The van der Waals surface area contributed by atoms with Gasteiger partial charge in [0.25, 0.3) is 0 Å². The summed E-state index contributed by atoms with van der Waals surface area (Å²) in [4.78, 5) is 2.24. The van der Waals surface area contributed by atoms with Crippen molar-refractivity contribution in [2.24, 2.45) is 23.7 Å². The van der Waals surface area contributed by atoms with Crippen LogP contribution in [-0.4, -0.2) is 46.9 Å². The summed E-state index contributed by atoms with van der Waals surface area (Å²) in [6.45, 7) is 11.0. The number of allylic oxidation sites excluding steroid dienone is 1. The maximum absolute atomic E-state index is 9.16. The molecule has 0 radical (unpaired) electrons. The van der Waals surface area contributed by atoms with Crippen molar-refractivity contribution in [3.63, 3.8) is 0 Å². The van der Waals surface area contributed by atoms with E-state index in [1.54, 1.807) is 0 Å². The number of likely N-dealkylation sites (N-methyl/N-ethyl adjacent to an activating group) is 1. The van der Waals surface area contributed by atoms with Gasteiger partial charge in [-0.3, -0.25) is 0 Å². The minimum Gasteiger partial charge on any atom is -0.425 e. The Labute approximate surface area is 152 Å². The van der Waals surface area contributed by atoms with Gasteiger partial charge in [-0.05, 0) is 50.5 Å². The Morgan fingerprint density at radius 3 is 2.68 bits per heavy atom. The molecular formula is C20H35N3O2. The van der Waals surface area contributed by atoms with Gasteiger partial charge in [-0.15, -0.1) is 10.2 Å². The average Bonchev–Trinajstić information content (AvgIpc) is 2.97. The molecule has 5 heteroatoms. The molecule has 0 amide bonds. The van der Waals surface area contributed by atoms with Crippen molar-refractivity contribution in [1.29, 1.82) is 0 Å². The van der Waals surface area contributed by atoms with Gasteiger partial charge in [-0.25, -0.2) is 0 Å². The lowest BCUT2D eigenvalue weighted by Crippen LogP contribution is -2.36. The van der Waals surface area contributed by atoms with Crippen LogP contribution in [0.5, 0.6) is 0 Å². The van der Waals surface area contributed by atoms with Gasteiger partial charge in [-0.2, -0.15) is 0 Å². The number of hydrogen-bond acceptors (Lipinski definition) is 5. The predicted octanol–water partition coefficient (Wildman–Crippen LogP) is 3.34. The molecule has 1 aliphatic carbocycles. The van der Waals surface area contributed by atoms with Crippen LogP contribution in [0.3, 0.4) is 0 Å². The molecule has 0 spiro atoms. The van der Waals surface area contributed by atoms with Crippen LogP contribution in [0.4, 0.5) is 0 Å². The van der Waals surface area contributed by atoms with Crippen molar-refractivity contribution < 1.29 is 9.52 Å². The predicted molar refractivity (Wildman–Crippen MR) is 100 cm³/mol. The molecule has 0 unspecified atom stereocenters. The first-order valence-corrected chi connectivity index (χ1v) is 9.73. The molecular weight excluding hydrogens is 314 g/mol. The number of hydrogen-bond donors (Lipinski definition) is 1. The smallest absolute Gasteiger partial charge is 0.217 e. The summed E-state index contributed by atoms with van der Waals surface area (Å²) < 4.78 is 5.81. The van der Waals surface area contributed by atoms with E-state index in [4.69, 9.17) is 9.52 Å². The Hall–Kier alpha value is -1.20. The maximum Gasteiger partial charge on any atom is 0.217 e. The second-order valence-electron chi connectivity index (χ2n) is 7.94. The van der Waals surface area contributed by atoms with E-state index in [1.807, 2.05) is 0 Å². The quantitative estimate of drug-likeness (QED) is 0.693. The normalized spacial score (nSPS) is 24.2. The van der Waals surface area contributed by atoms with Crippen LogP contribution >= 0.6 is 0 Å². The number of aliphatic hydroxyl groups is 1. The third kappa shape index (κ3) is 5.65. The van der Waals surface area contributed by atoms with Crippen LogP contribution in [0.1, 0.15) is 52.3 Å². The number of aliphatic hydroxyl groups excluding tert-OH is 1. The fourth-order valence-corrected chi connectivity index (χ4v) is 4.00. The summed E-state index contributed by atoms with van der Waals surface area (Å²) in [6, 6.07) is 0. The van der Waals surface area contributed by atoms with E-state index in [1.165, 1.54) is 12.0 Å². The van der Waals surface area contributed by atoms with E-state index in [0.717, 1.165) is 44.1 Å². The first kappa shape index (κ1) is 20.1. The molecule has 142 valence electrons. The fourth-order valence-electron chi connectivity index (χ4n) is 4.00. The van der Waals surface area contributed by atoms with Crippen LogP contribution in [0.25, 0.3) is 0 Å². The number of nitrogens with zero attached hydrogens (tertiary/aromatic N) is 3. The van der Waals surface area contributed by atoms with Crippen molar-refractivity contribution in [2.75, 3.05) is 26.7 Å².